The van der Waals surface area contributed by atoms with Crippen molar-refractivity contribution in [1.29, 1.82) is 0 Å². The smallest absolute Gasteiger partial charge is 0.261 e. The van der Waals surface area contributed by atoms with Crippen molar-refractivity contribution in [3.8, 4) is 0 Å². The number of Topliss-reactive ketones (excluding diaryl/α,β-unsaturated/α-hetero) is 1. The van der Waals surface area contributed by atoms with Crippen molar-refractivity contribution in [2.45, 2.75) is 25.9 Å². The standard InChI is InChI=1S/C15H17NO4/c1-11(17)10-15(2)14(19)16(8-9-20-15)13(18)12-6-4-3-5-7-12/h3-7H,8-10H2,1-2H3/t15-/m0/s1. The van der Waals surface area contributed by atoms with Gasteiger partial charge in [0, 0.05) is 12.0 Å². The molecule has 2 rings (SSSR count). The minimum Gasteiger partial charge on any atom is -0.363 e. The third-order valence-corrected chi connectivity index (χ3v) is 3.29. The predicted molar refractivity (Wildman–Crippen MR) is 72.1 cm³/mol. The fraction of sp³-hybridized carbons (Fsp3) is 0.400. The van der Waals surface area contributed by atoms with Gasteiger partial charge in [0.25, 0.3) is 11.8 Å². The van der Waals surface area contributed by atoms with Crippen LogP contribution in [-0.2, 0) is 14.3 Å². The summed E-state index contributed by atoms with van der Waals surface area (Å²) in [6, 6.07) is 8.61. The Morgan fingerprint density at radius 1 is 1.30 bits per heavy atom. The first-order valence-corrected chi connectivity index (χ1v) is 6.49. The van der Waals surface area contributed by atoms with Gasteiger partial charge in [-0.1, -0.05) is 18.2 Å². The van der Waals surface area contributed by atoms with Gasteiger partial charge in [0.2, 0.25) is 0 Å². The molecule has 1 atom stereocenters. The van der Waals surface area contributed by atoms with E-state index >= 15 is 0 Å². The lowest BCUT2D eigenvalue weighted by atomic mass is 9.96. The SMILES string of the molecule is CC(=O)C[C@]1(C)OCCN(C(=O)c2ccccc2)C1=O. The quantitative estimate of drug-likeness (QED) is 0.783. The van der Waals surface area contributed by atoms with Crippen molar-refractivity contribution in [2.75, 3.05) is 13.2 Å². The zero-order valence-corrected chi connectivity index (χ0v) is 11.6. The lowest BCUT2D eigenvalue weighted by molar-refractivity contribution is -0.167. The summed E-state index contributed by atoms with van der Waals surface area (Å²) in [7, 11) is 0. The van der Waals surface area contributed by atoms with E-state index in [1.807, 2.05) is 0 Å². The van der Waals surface area contributed by atoms with E-state index in [9.17, 15) is 14.4 Å². The molecule has 0 bridgehead atoms. The second-order valence-corrected chi connectivity index (χ2v) is 5.09. The Morgan fingerprint density at radius 2 is 1.95 bits per heavy atom. The maximum Gasteiger partial charge on any atom is 0.261 e. The summed E-state index contributed by atoms with van der Waals surface area (Å²) in [5.74, 6) is -0.948. The number of hydrogen-bond acceptors (Lipinski definition) is 4. The summed E-state index contributed by atoms with van der Waals surface area (Å²) < 4.78 is 5.44. The molecule has 2 amide bonds. The number of carbonyl (C=O) groups excluding carboxylic acids is 3. The van der Waals surface area contributed by atoms with E-state index < -0.39 is 11.5 Å². The molecule has 1 aromatic carbocycles. The van der Waals surface area contributed by atoms with E-state index in [-0.39, 0.29) is 31.3 Å². The Morgan fingerprint density at radius 3 is 2.55 bits per heavy atom. The maximum atomic E-state index is 12.4. The summed E-state index contributed by atoms with van der Waals surface area (Å²) in [6.07, 6.45) is -0.0234. The molecule has 0 aliphatic carbocycles. The van der Waals surface area contributed by atoms with Crippen molar-refractivity contribution in [2.24, 2.45) is 0 Å². The van der Waals surface area contributed by atoms with Gasteiger partial charge in [-0.15, -0.1) is 0 Å². The highest BCUT2D eigenvalue weighted by Gasteiger charge is 2.44. The van der Waals surface area contributed by atoms with Crippen molar-refractivity contribution >= 4 is 17.6 Å². The molecule has 0 saturated carbocycles. The summed E-state index contributed by atoms with van der Waals surface area (Å²) in [4.78, 5) is 37.2. The normalized spacial score (nSPS) is 22.7. The lowest BCUT2D eigenvalue weighted by Crippen LogP contribution is -2.57. The topological polar surface area (TPSA) is 63.7 Å². The van der Waals surface area contributed by atoms with Crippen molar-refractivity contribution < 1.29 is 19.1 Å². The average Bonchev–Trinajstić information content (AvgIpc) is 2.41. The van der Waals surface area contributed by atoms with Gasteiger partial charge in [0.1, 0.15) is 5.78 Å². The molecule has 20 heavy (non-hydrogen) atoms. The molecule has 0 N–H and O–H groups in total. The van der Waals surface area contributed by atoms with Gasteiger partial charge in [-0.3, -0.25) is 19.3 Å². The molecule has 0 unspecified atom stereocenters. The third kappa shape index (κ3) is 2.77. The number of amides is 2. The Labute approximate surface area is 117 Å². The van der Waals surface area contributed by atoms with Gasteiger partial charge in [0.05, 0.1) is 13.2 Å². The van der Waals surface area contributed by atoms with Crippen LogP contribution in [0.1, 0.15) is 30.6 Å². The summed E-state index contributed by atoms with van der Waals surface area (Å²) in [5, 5.41) is 0. The first-order chi connectivity index (χ1) is 9.44. The van der Waals surface area contributed by atoms with Gasteiger partial charge in [-0.05, 0) is 26.0 Å². The molecule has 0 radical (unpaired) electrons. The van der Waals surface area contributed by atoms with Crippen molar-refractivity contribution in [3.63, 3.8) is 0 Å². The van der Waals surface area contributed by atoms with E-state index in [1.165, 1.54) is 11.8 Å². The van der Waals surface area contributed by atoms with Crippen molar-refractivity contribution in [1.82, 2.24) is 4.90 Å². The molecule has 106 valence electrons. The first-order valence-electron chi connectivity index (χ1n) is 6.49. The molecule has 5 heteroatoms. The number of hydrogen-bond donors (Lipinski definition) is 0. The average molecular weight is 275 g/mol. The Hall–Kier alpha value is -2.01. The Bertz CT molecular complexity index is 540. The fourth-order valence-electron chi connectivity index (χ4n) is 2.34. The largest absolute Gasteiger partial charge is 0.363 e. The molecule has 1 aromatic rings. The first kappa shape index (κ1) is 14.4. The second kappa shape index (κ2) is 5.54. The molecular formula is C15H17NO4. The molecule has 1 heterocycles. The number of morpholine rings is 1. The van der Waals surface area contributed by atoms with Crippen LogP contribution in [0.2, 0.25) is 0 Å². The van der Waals surface area contributed by atoms with E-state index in [0.29, 0.717) is 5.56 Å². The van der Waals surface area contributed by atoms with Gasteiger partial charge in [-0.25, -0.2) is 0 Å². The van der Waals surface area contributed by atoms with Crippen LogP contribution in [0.3, 0.4) is 0 Å². The van der Waals surface area contributed by atoms with Crippen molar-refractivity contribution in [3.05, 3.63) is 35.9 Å². The van der Waals surface area contributed by atoms with E-state index in [0.717, 1.165) is 0 Å². The molecule has 0 spiro atoms. The van der Waals surface area contributed by atoms with Gasteiger partial charge in [0.15, 0.2) is 5.60 Å². The monoisotopic (exact) mass is 275 g/mol. The Balaban J connectivity index is 2.23. The number of rotatable bonds is 3. The molecule has 0 aromatic heterocycles. The number of ether oxygens (including phenoxy) is 1. The van der Waals surface area contributed by atoms with Crippen LogP contribution in [-0.4, -0.2) is 41.3 Å². The lowest BCUT2D eigenvalue weighted by Gasteiger charge is -2.37. The minimum atomic E-state index is -1.24. The van der Waals surface area contributed by atoms with E-state index in [2.05, 4.69) is 0 Å². The number of nitrogens with zero attached hydrogens (tertiary/aromatic N) is 1. The number of imide groups is 1. The molecule has 1 aliphatic rings. The van der Waals surface area contributed by atoms with Gasteiger partial charge in [-0.2, -0.15) is 0 Å². The molecule has 1 saturated heterocycles. The van der Waals surface area contributed by atoms with Gasteiger partial charge < -0.3 is 4.74 Å². The molecule has 1 fully saturated rings. The Kier molecular flexibility index (Phi) is 3.99. The molecule has 5 nitrogen and oxygen atoms in total. The molecule has 1 aliphatic heterocycles. The minimum absolute atomic E-state index is 0.0234. The molecular weight excluding hydrogens is 258 g/mol. The number of carbonyl (C=O) groups is 3. The van der Waals surface area contributed by atoms with Crippen LogP contribution < -0.4 is 0 Å². The highest BCUT2D eigenvalue weighted by Crippen LogP contribution is 2.24. The number of benzene rings is 1. The summed E-state index contributed by atoms with van der Waals surface area (Å²) in [5.41, 5.74) is -0.790. The summed E-state index contributed by atoms with van der Waals surface area (Å²) in [6.45, 7) is 3.41. The third-order valence-electron chi connectivity index (χ3n) is 3.29. The summed E-state index contributed by atoms with van der Waals surface area (Å²) >= 11 is 0. The van der Waals surface area contributed by atoms with E-state index in [1.54, 1.807) is 37.3 Å². The number of ketones is 1. The van der Waals surface area contributed by atoms with Crippen LogP contribution >= 0.6 is 0 Å². The van der Waals surface area contributed by atoms with Crippen LogP contribution in [0.5, 0.6) is 0 Å². The maximum absolute atomic E-state index is 12.4. The van der Waals surface area contributed by atoms with Crippen LogP contribution in [0.25, 0.3) is 0 Å². The highest BCUT2D eigenvalue weighted by molar-refractivity contribution is 6.08. The fourth-order valence-corrected chi connectivity index (χ4v) is 2.34. The van der Waals surface area contributed by atoms with Crippen LogP contribution in [0, 0.1) is 0 Å². The zero-order chi connectivity index (χ0) is 14.8. The van der Waals surface area contributed by atoms with E-state index in [4.69, 9.17) is 4.74 Å². The zero-order valence-electron chi connectivity index (χ0n) is 11.6. The van der Waals surface area contributed by atoms with Crippen LogP contribution in [0.4, 0.5) is 0 Å². The van der Waals surface area contributed by atoms with Crippen LogP contribution in [0.15, 0.2) is 30.3 Å². The second-order valence-electron chi connectivity index (χ2n) is 5.09. The highest BCUT2D eigenvalue weighted by atomic mass is 16.5. The predicted octanol–water partition coefficient (Wildman–Crippen LogP) is 1.42. The van der Waals surface area contributed by atoms with Gasteiger partial charge >= 0.3 is 0 Å².